The quantitative estimate of drug-likeness (QED) is 0.620. The maximum atomic E-state index is 12.6. The van der Waals surface area contributed by atoms with Gasteiger partial charge < -0.3 is 10.6 Å². The molecule has 0 fully saturated rings. The first-order valence-electron chi connectivity index (χ1n) is 10.1. The number of pyridine rings is 1. The van der Waals surface area contributed by atoms with Crippen molar-refractivity contribution in [3.63, 3.8) is 0 Å². The largest absolute Gasteiger partial charge is 0.416 e. The summed E-state index contributed by atoms with van der Waals surface area (Å²) in [5.41, 5.74) is 3.98. The molecule has 9 heteroatoms. The summed E-state index contributed by atoms with van der Waals surface area (Å²) in [7, 11) is 0. The second kappa shape index (κ2) is 8.79. The molecule has 0 bridgehead atoms. The fourth-order valence-corrected chi connectivity index (χ4v) is 3.79. The fourth-order valence-electron chi connectivity index (χ4n) is 3.79. The van der Waals surface area contributed by atoms with Gasteiger partial charge in [0, 0.05) is 41.4 Å². The zero-order valence-corrected chi connectivity index (χ0v) is 16.7. The molecule has 1 aliphatic rings. The average Bonchev–Trinajstić information content (AvgIpc) is 3.13. The zero-order valence-electron chi connectivity index (χ0n) is 16.7. The lowest BCUT2D eigenvalue weighted by atomic mass is 9.94. The molecule has 0 radical (unpaired) electrons. The number of fused-ring (bicyclic) bond motifs is 1. The molecular weight excluding hydrogens is 407 g/mol. The van der Waals surface area contributed by atoms with Crippen LogP contribution < -0.4 is 10.6 Å². The lowest BCUT2D eigenvalue weighted by Crippen LogP contribution is -2.32. The van der Waals surface area contributed by atoms with Crippen LogP contribution in [0, 0.1) is 0 Å². The van der Waals surface area contributed by atoms with Crippen LogP contribution in [-0.4, -0.2) is 27.3 Å². The molecule has 0 saturated carbocycles. The van der Waals surface area contributed by atoms with E-state index in [0.717, 1.165) is 49.1 Å². The van der Waals surface area contributed by atoms with E-state index in [2.05, 4.69) is 15.6 Å². The topological polar surface area (TPSA) is 71.8 Å². The summed E-state index contributed by atoms with van der Waals surface area (Å²) < 4.78 is 39.8. The third kappa shape index (κ3) is 4.87. The van der Waals surface area contributed by atoms with Crippen LogP contribution in [0.25, 0.3) is 11.3 Å². The summed E-state index contributed by atoms with van der Waals surface area (Å²) >= 11 is 0. The van der Waals surface area contributed by atoms with Crippen LogP contribution in [-0.2, 0) is 25.6 Å². The maximum Gasteiger partial charge on any atom is 0.416 e. The van der Waals surface area contributed by atoms with Crippen molar-refractivity contribution < 1.29 is 18.0 Å². The number of hydrogen-bond acceptors (Lipinski definition) is 3. The predicted molar refractivity (Wildman–Crippen MR) is 111 cm³/mol. The van der Waals surface area contributed by atoms with E-state index in [9.17, 15) is 18.0 Å². The molecule has 2 heterocycles. The SMILES string of the molecule is O=C(NCCn1nc(-c2ccncc2)c2c1CCCC2)Nc1ccc(C(F)(F)F)cc1. The summed E-state index contributed by atoms with van der Waals surface area (Å²) in [6.45, 7) is 0.851. The van der Waals surface area contributed by atoms with E-state index < -0.39 is 17.8 Å². The number of nitrogens with one attached hydrogen (secondary N) is 2. The summed E-state index contributed by atoms with van der Waals surface area (Å²) in [5, 5.41) is 10.1. The smallest absolute Gasteiger partial charge is 0.336 e. The number of anilines is 1. The van der Waals surface area contributed by atoms with E-state index in [4.69, 9.17) is 5.10 Å². The number of rotatable bonds is 5. The summed E-state index contributed by atoms with van der Waals surface area (Å²) in [5.74, 6) is 0. The molecule has 31 heavy (non-hydrogen) atoms. The van der Waals surface area contributed by atoms with Crippen molar-refractivity contribution in [3.05, 3.63) is 65.6 Å². The van der Waals surface area contributed by atoms with Gasteiger partial charge in [0.2, 0.25) is 0 Å². The molecule has 2 aromatic heterocycles. The average molecular weight is 429 g/mol. The van der Waals surface area contributed by atoms with Gasteiger partial charge in [0.15, 0.2) is 0 Å². The lowest BCUT2D eigenvalue weighted by molar-refractivity contribution is -0.137. The van der Waals surface area contributed by atoms with Gasteiger partial charge in [-0.15, -0.1) is 0 Å². The third-order valence-electron chi connectivity index (χ3n) is 5.29. The van der Waals surface area contributed by atoms with Crippen LogP contribution in [0.15, 0.2) is 48.8 Å². The number of urea groups is 1. The molecule has 0 unspecified atom stereocenters. The molecular formula is C22H22F3N5O. The van der Waals surface area contributed by atoms with Crippen LogP contribution in [0.1, 0.15) is 29.7 Å². The van der Waals surface area contributed by atoms with Gasteiger partial charge in [-0.25, -0.2) is 4.79 Å². The Morgan fingerprint density at radius 2 is 1.74 bits per heavy atom. The molecule has 0 aliphatic heterocycles. The van der Waals surface area contributed by atoms with E-state index in [0.29, 0.717) is 18.8 Å². The van der Waals surface area contributed by atoms with Crippen molar-refractivity contribution >= 4 is 11.7 Å². The van der Waals surface area contributed by atoms with Gasteiger partial charge in [0.25, 0.3) is 0 Å². The maximum absolute atomic E-state index is 12.6. The third-order valence-corrected chi connectivity index (χ3v) is 5.29. The molecule has 2 N–H and O–H groups in total. The first kappa shape index (κ1) is 20.9. The van der Waals surface area contributed by atoms with E-state index in [-0.39, 0.29) is 0 Å². The Bertz CT molecular complexity index is 1050. The van der Waals surface area contributed by atoms with Crippen molar-refractivity contribution in [1.82, 2.24) is 20.1 Å². The van der Waals surface area contributed by atoms with E-state index in [1.807, 2.05) is 16.8 Å². The first-order valence-corrected chi connectivity index (χ1v) is 10.1. The van der Waals surface area contributed by atoms with Crippen molar-refractivity contribution in [2.75, 3.05) is 11.9 Å². The van der Waals surface area contributed by atoms with E-state index in [1.165, 1.54) is 23.4 Å². The Balaban J connectivity index is 1.37. The van der Waals surface area contributed by atoms with Crippen molar-refractivity contribution in [2.24, 2.45) is 0 Å². The van der Waals surface area contributed by atoms with Gasteiger partial charge in [0.05, 0.1) is 17.8 Å². The minimum Gasteiger partial charge on any atom is -0.336 e. The van der Waals surface area contributed by atoms with Crippen molar-refractivity contribution in [1.29, 1.82) is 0 Å². The number of nitrogens with zero attached hydrogens (tertiary/aromatic N) is 3. The minimum atomic E-state index is -4.40. The van der Waals surface area contributed by atoms with Gasteiger partial charge in [-0.05, 0) is 62.1 Å². The standard InChI is InChI=1S/C22H22F3N5O/c23-22(24,25)16-5-7-17(8-6-16)28-21(31)27-13-14-30-19-4-2-1-3-18(19)20(29-30)15-9-11-26-12-10-15/h5-12H,1-4,13-14H2,(H2,27,28,31). The number of aromatic nitrogens is 3. The highest BCUT2D eigenvalue weighted by Crippen LogP contribution is 2.31. The van der Waals surface area contributed by atoms with E-state index in [1.54, 1.807) is 12.4 Å². The van der Waals surface area contributed by atoms with Gasteiger partial charge in [0.1, 0.15) is 0 Å². The van der Waals surface area contributed by atoms with Crippen LogP contribution in [0.4, 0.5) is 23.7 Å². The van der Waals surface area contributed by atoms with Crippen LogP contribution in [0.3, 0.4) is 0 Å². The molecule has 162 valence electrons. The predicted octanol–water partition coefficient (Wildman–Crippen LogP) is 4.66. The highest BCUT2D eigenvalue weighted by atomic mass is 19.4. The first-order chi connectivity index (χ1) is 14.9. The van der Waals surface area contributed by atoms with Crippen LogP contribution in [0.2, 0.25) is 0 Å². The summed E-state index contributed by atoms with van der Waals surface area (Å²) in [6, 6.07) is 7.74. The molecule has 1 aromatic carbocycles. The van der Waals surface area contributed by atoms with Crippen molar-refractivity contribution in [3.8, 4) is 11.3 Å². The number of carbonyl (C=O) groups is 1. The number of carbonyl (C=O) groups excluding carboxylic acids is 1. The summed E-state index contributed by atoms with van der Waals surface area (Å²) in [4.78, 5) is 16.2. The monoisotopic (exact) mass is 429 g/mol. The Hall–Kier alpha value is -3.36. The fraction of sp³-hybridized carbons (Fsp3) is 0.318. The molecule has 0 saturated heterocycles. The number of amides is 2. The second-order valence-electron chi connectivity index (χ2n) is 7.40. The summed E-state index contributed by atoms with van der Waals surface area (Å²) in [6.07, 6.45) is 3.26. The number of alkyl halides is 3. The van der Waals surface area contributed by atoms with Gasteiger partial charge in [-0.3, -0.25) is 9.67 Å². The highest BCUT2D eigenvalue weighted by Gasteiger charge is 2.30. The normalized spacial score (nSPS) is 13.5. The minimum absolute atomic E-state index is 0.293. The van der Waals surface area contributed by atoms with Crippen molar-refractivity contribution in [2.45, 2.75) is 38.4 Å². The van der Waals surface area contributed by atoms with Gasteiger partial charge in [-0.2, -0.15) is 18.3 Å². The molecule has 2 amide bonds. The van der Waals surface area contributed by atoms with Crippen LogP contribution in [0.5, 0.6) is 0 Å². The molecule has 4 rings (SSSR count). The van der Waals surface area contributed by atoms with Gasteiger partial charge >= 0.3 is 12.2 Å². The molecule has 6 nitrogen and oxygen atoms in total. The Morgan fingerprint density at radius 1 is 1.03 bits per heavy atom. The highest BCUT2D eigenvalue weighted by molar-refractivity contribution is 5.89. The van der Waals surface area contributed by atoms with E-state index >= 15 is 0 Å². The lowest BCUT2D eigenvalue weighted by Gasteiger charge is -2.15. The molecule has 1 aliphatic carbocycles. The zero-order chi connectivity index (χ0) is 21.8. The molecule has 0 spiro atoms. The second-order valence-corrected chi connectivity index (χ2v) is 7.40. The van der Waals surface area contributed by atoms with Crippen LogP contribution >= 0.6 is 0 Å². The van der Waals surface area contributed by atoms with Gasteiger partial charge in [-0.1, -0.05) is 0 Å². The Morgan fingerprint density at radius 3 is 2.45 bits per heavy atom. The number of hydrogen-bond donors (Lipinski definition) is 2. The Labute approximate surface area is 177 Å². The molecule has 3 aromatic rings. The Kier molecular flexibility index (Phi) is 5.92. The number of halogens is 3. The number of benzene rings is 1. The molecule has 0 atom stereocenters.